The molecule has 0 unspecified atom stereocenters. The number of allylic oxidation sites excluding steroid dienone is 2. The standard InChI is InChI=1S/C9H21P.C4H10.2C3H6/c1-4-6-8-10(3)9-7-5-2;1-3-4-2;2*1-3-2/h4-9H2,1-3H3;3-4H2,1-2H3;2*3H,1H2,2H3. The summed E-state index contributed by atoms with van der Waals surface area (Å²) in [5.41, 5.74) is 0. The van der Waals surface area contributed by atoms with Crippen molar-refractivity contribution in [2.24, 2.45) is 0 Å². The van der Waals surface area contributed by atoms with E-state index in [4.69, 9.17) is 0 Å². The van der Waals surface area contributed by atoms with Crippen LogP contribution in [-0.2, 0) is 0 Å². The van der Waals surface area contributed by atoms with Gasteiger partial charge in [-0.05, 0) is 45.7 Å². The highest BCUT2D eigenvalue weighted by atomic mass is 31.1. The summed E-state index contributed by atoms with van der Waals surface area (Å²) in [6, 6.07) is 0. The van der Waals surface area contributed by atoms with Crippen LogP contribution in [0, 0.1) is 0 Å². The van der Waals surface area contributed by atoms with Crippen LogP contribution in [0.25, 0.3) is 0 Å². The predicted octanol–water partition coefficient (Wildman–Crippen LogP) is 7.89. The molecule has 0 heterocycles. The normalized spacial score (nSPS) is 8.20. The van der Waals surface area contributed by atoms with E-state index < -0.39 is 0 Å². The molecule has 0 atom stereocenters. The smallest absolute Gasteiger partial charge is 0.0328 e. The molecule has 0 aliphatic carbocycles. The zero-order valence-electron chi connectivity index (χ0n) is 15.7. The average molecular weight is 303 g/mol. The van der Waals surface area contributed by atoms with Crippen LogP contribution >= 0.6 is 7.92 Å². The van der Waals surface area contributed by atoms with E-state index in [1.807, 2.05) is 13.8 Å². The van der Waals surface area contributed by atoms with E-state index in [-0.39, 0.29) is 0 Å². The molecule has 0 radical (unpaired) electrons. The van der Waals surface area contributed by atoms with Crippen molar-refractivity contribution in [1.29, 1.82) is 0 Å². The van der Waals surface area contributed by atoms with Crippen molar-refractivity contribution in [3.8, 4) is 0 Å². The molecule has 0 nitrogen and oxygen atoms in total. The quantitative estimate of drug-likeness (QED) is 0.331. The topological polar surface area (TPSA) is 0 Å². The molecule has 1 heteroatoms. The maximum absolute atomic E-state index is 3.36. The Kier molecular flexibility index (Phi) is 51.2. The van der Waals surface area contributed by atoms with Crippen LogP contribution in [0.15, 0.2) is 25.3 Å². The lowest BCUT2D eigenvalue weighted by molar-refractivity contribution is 0.869. The van der Waals surface area contributed by atoms with Crippen LogP contribution in [0.3, 0.4) is 0 Å². The molecule has 0 rings (SSSR count). The van der Waals surface area contributed by atoms with Gasteiger partial charge in [-0.2, -0.15) is 0 Å². The van der Waals surface area contributed by atoms with Crippen LogP contribution in [0.5, 0.6) is 0 Å². The van der Waals surface area contributed by atoms with Gasteiger partial charge in [0, 0.05) is 0 Å². The Morgan fingerprint density at radius 1 is 0.700 bits per heavy atom. The Hall–Kier alpha value is -0.0900. The largest absolute Gasteiger partial charge is 0.110 e. The Labute approximate surface area is 132 Å². The molecule has 0 spiro atoms. The maximum atomic E-state index is 3.36. The van der Waals surface area contributed by atoms with E-state index in [0.717, 1.165) is 0 Å². The lowest BCUT2D eigenvalue weighted by Gasteiger charge is -2.09. The minimum Gasteiger partial charge on any atom is -0.110 e. The Balaban J connectivity index is -0.000000106. The van der Waals surface area contributed by atoms with Crippen molar-refractivity contribution < 1.29 is 0 Å². The zero-order valence-corrected chi connectivity index (χ0v) is 16.6. The summed E-state index contributed by atoms with van der Waals surface area (Å²) in [6.07, 6.45) is 14.8. The third-order valence-corrected chi connectivity index (χ3v) is 4.45. The van der Waals surface area contributed by atoms with Gasteiger partial charge in [-0.15, -0.1) is 21.1 Å². The molecule has 0 saturated heterocycles. The molecular weight excluding hydrogens is 259 g/mol. The fraction of sp³-hybridized carbons (Fsp3) is 0.789. The van der Waals surface area contributed by atoms with E-state index in [9.17, 15) is 0 Å². The van der Waals surface area contributed by atoms with Crippen molar-refractivity contribution in [2.75, 3.05) is 19.0 Å². The lowest BCUT2D eigenvalue weighted by Crippen LogP contribution is -1.87. The second-order valence-electron chi connectivity index (χ2n) is 4.83. The van der Waals surface area contributed by atoms with Crippen molar-refractivity contribution >= 4 is 7.92 Å². The van der Waals surface area contributed by atoms with Crippen LogP contribution in [-0.4, -0.2) is 19.0 Å². The van der Waals surface area contributed by atoms with Crippen LogP contribution in [0.2, 0.25) is 0 Å². The fourth-order valence-corrected chi connectivity index (χ4v) is 2.90. The summed E-state index contributed by atoms with van der Waals surface area (Å²) in [5.74, 6) is 0. The van der Waals surface area contributed by atoms with E-state index in [1.54, 1.807) is 12.2 Å². The second kappa shape index (κ2) is 36.4. The van der Waals surface area contributed by atoms with Crippen molar-refractivity contribution in [3.05, 3.63) is 25.3 Å². The van der Waals surface area contributed by atoms with Gasteiger partial charge < -0.3 is 0 Å². The number of rotatable bonds is 7. The lowest BCUT2D eigenvalue weighted by atomic mass is 10.4. The monoisotopic (exact) mass is 302 g/mol. The third kappa shape index (κ3) is 64.5. The van der Waals surface area contributed by atoms with Gasteiger partial charge in [0.15, 0.2) is 0 Å². The van der Waals surface area contributed by atoms with Gasteiger partial charge in [-0.25, -0.2) is 0 Å². The second-order valence-corrected chi connectivity index (χ2v) is 7.43. The average Bonchev–Trinajstić information content (AvgIpc) is 2.44. The van der Waals surface area contributed by atoms with Gasteiger partial charge in [-0.3, -0.25) is 0 Å². The van der Waals surface area contributed by atoms with Gasteiger partial charge in [0.05, 0.1) is 0 Å². The van der Waals surface area contributed by atoms with Gasteiger partial charge in [-0.1, -0.05) is 65.5 Å². The molecule has 124 valence electrons. The minimum atomic E-state index is 0.408. The molecule has 0 aromatic carbocycles. The number of hydrogen-bond donors (Lipinski definition) is 0. The van der Waals surface area contributed by atoms with Crippen LogP contribution in [0.1, 0.15) is 80.1 Å². The third-order valence-electron chi connectivity index (χ3n) is 2.29. The van der Waals surface area contributed by atoms with Crippen LogP contribution in [0.4, 0.5) is 0 Å². The first-order valence-electron chi connectivity index (χ1n) is 8.38. The Bertz CT molecular complexity index is 125. The van der Waals surface area contributed by atoms with Gasteiger partial charge in [0.25, 0.3) is 0 Å². The summed E-state index contributed by atoms with van der Waals surface area (Å²) < 4.78 is 0. The maximum Gasteiger partial charge on any atom is -0.0328 e. The van der Waals surface area contributed by atoms with Gasteiger partial charge in [0.1, 0.15) is 0 Å². The molecular formula is C19H43P. The van der Waals surface area contributed by atoms with Gasteiger partial charge in [0.2, 0.25) is 0 Å². The fourth-order valence-electron chi connectivity index (χ4n) is 0.968. The van der Waals surface area contributed by atoms with E-state index >= 15 is 0 Å². The SMILES string of the molecule is C=CC.C=CC.CCCC.CCCCP(C)CCCC. The molecule has 0 aromatic heterocycles. The first kappa shape index (κ1) is 28.1. The zero-order chi connectivity index (χ0) is 16.6. The van der Waals surface area contributed by atoms with Crippen molar-refractivity contribution in [1.82, 2.24) is 0 Å². The van der Waals surface area contributed by atoms with E-state index in [1.165, 1.54) is 50.8 Å². The summed E-state index contributed by atoms with van der Waals surface area (Å²) in [6.45, 7) is 21.9. The van der Waals surface area contributed by atoms with Crippen LogP contribution < -0.4 is 0 Å². The molecule has 0 amide bonds. The highest BCUT2D eigenvalue weighted by molar-refractivity contribution is 7.56. The van der Waals surface area contributed by atoms with E-state index in [0.29, 0.717) is 7.92 Å². The molecule has 0 aliphatic heterocycles. The highest BCUT2D eigenvalue weighted by Crippen LogP contribution is 2.32. The Morgan fingerprint density at radius 3 is 1.10 bits per heavy atom. The number of unbranched alkanes of at least 4 members (excludes halogenated alkanes) is 3. The van der Waals surface area contributed by atoms with Crippen molar-refractivity contribution in [2.45, 2.75) is 80.1 Å². The minimum absolute atomic E-state index is 0.408. The van der Waals surface area contributed by atoms with Gasteiger partial charge >= 0.3 is 0 Å². The highest BCUT2D eigenvalue weighted by Gasteiger charge is 1.97. The molecule has 0 fully saturated rings. The number of hydrogen-bond acceptors (Lipinski definition) is 0. The molecule has 0 N–H and O–H groups in total. The summed E-state index contributed by atoms with van der Waals surface area (Å²) >= 11 is 0. The molecule has 0 aromatic rings. The first-order valence-corrected chi connectivity index (χ1v) is 10.5. The summed E-state index contributed by atoms with van der Waals surface area (Å²) in [7, 11) is 0.408. The summed E-state index contributed by atoms with van der Waals surface area (Å²) in [5, 5.41) is 0. The summed E-state index contributed by atoms with van der Waals surface area (Å²) in [4.78, 5) is 0. The van der Waals surface area contributed by atoms with E-state index in [2.05, 4.69) is 47.5 Å². The predicted molar refractivity (Wildman–Crippen MR) is 105 cm³/mol. The first-order chi connectivity index (χ1) is 9.55. The Morgan fingerprint density at radius 2 is 0.950 bits per heavy atom. The molecule has 20 heavy (non-hydrogen) atoms. The van der Waals surface area contributed by atoms with Crippen molar-refractivity contribution in [3.63, 3.8) is 0 Å². The molecule has 0 bridgehead atoms. The molecule has 0 aliphatic rings. The molecule has 0 saturated carbocycles.